The molecule has 0 unspecified atom stereocenters. The van der Waals surface area contributed by atoms with Crippen molar-refractivity contribution in [2.75, 3.05) is 39.4 Å². The van der Waals surface area contributed by atoms with Gasteiger partial charge in [-0.05, 0) is 18.9 Å². The molecule has 7 nitrogen and oxygen atoms in total. The number of amides is 2. The molecule has 1 aliphatic heterocycles. The van der Waals surface area contributed by atoms with Gasteiger partial charge >= 0.3 is 6.03 Å². The minimum atomic E-state index is -0.100. The van der Waals surface area contributed by atoms with E-state index in [2.05, 4.69) is 25.7 Å². The second-order valence-electron chi connectivity index (χ2n) is 7.07. The lowest BCUT2D eigenvalue weighted by Crippen LogP contribution is -2.50. The van der Waals surface area contributed by atoms with Crippen LogP contribution in [-0.4, -0.2) is 60.5 Å². The molecule has 2 heterocycles. The quantitative estimate of drug-likeness (QED) is 0.736. The number of ether oxygens (including phenoxy) is 1. The SMILES string of the molecule is O=C(NCc1ccn[nH]1)NCC1(CN2CCOCC2)CCCCC1. The fraction of sp³-hybridized carbons (Fsp3) is 0.765. The normalized spacial score (nSPS) is 21.3. The predicted octanol–water partition coefficient (Wildman–Crippen LogP) is 1.49. The molecule has 24 heavy (non-hydrogen) atoms. The van der Waals surface area contributed by atoms with Crippen molar-refractivity contribution in [1.29, 1.82) is 0 Å². The number of rotatable bonds is 6. The first-order chi connectivity index (χ1) is 11.8. The topological polar surface area (TPSA) is 82.3 Å². The number of hydrogen-bond acceptors (Lipinski definition) is 4. The molecule has 0 spiro atoms. The Morgan fingerprint density at radius 3 is 2.75 bits per heavy atom. The molecule has 1 saturated carbocycles. The van der Waals surface area contributed by atoms with Crippen molar-refractivity contribution in [1.82, 2.24) is 25.7 Å². The van der Waals surface area contributed by atoms with Crippen molar-refractivity contribution in [3.8, 4) is 0 Å². The van der Waals surface area contributed by atoms with E-state index >= 15 is 0 Å². The van der Waals surface area contributed by atoms with Crippen LogP contribution in [0.3, 0.4) is 0 Å². The average molecular weight is 335 g/mol. The van der Waals surface area contributed by atoms with E-state index in [9.17, 15) is 4.79 Å². The number of aromatic nitrogens is 2. The monoisotopic (exact) mass is 335 g/mol. The lowest BCUT2D eigenvalue weighted by molar-refractivity contribution is 0.00783. The number of aromatic amines is 1. The van der Waals surface area contributed by atoms with E-state index < -0.39 is 0 Å². The lowest BCUT2D eigenvalue weighted by Gasteiger charge is -2.42. The molecule has 1 aromatic heterocycles. The van der Waals surface area contributed by atoms with E-state index in [4.69, 9.17) is 4.74 Å². The standard InChI is InChI=1S/C17H29N5O2/c23-16(18-12-15-4-7-20-21-15)19-13-17(5-2-1-3-6-17)14-22-8-10-24-11-9-22/h4,7H,1-3,5-6,8-14H2,(H,20,21)(H2,18,19,23). The Hall–Kier alpha value is -1.60. The number of urea groups is 1. The largest absolute Gasteiger partial charge is 0.379 e. The van der Waals surface area contributed by atoms with Crippen LogP contribution in [0.4, 0.5) is 4.79 Å². The molecule has 1 saturated heterocycles. The van der Waals surface area contributed by atoms with E-state index in [1.165, 1.54) is 32.1 Å². The Morgan fingerprint density at radius 2 is 2.04 bits per heavy atom. The van der Waals surface area contributed by atoms with Gasteiger partial charge < -0.3 is 15.4 Å². The van der Waals surface area contributed by atoms with Crippen LogP contribution in [0.1, 0.15) is 37.8 Å². The minimum absolute atomic E-state index is 0.100. The van der Waals surface area contributed by atoms with Crippen LogP contribution in [0.2, 0.25) is 0 Å². The number of hydrogen-bond donors (Lipinski definition) is 3. The smallest absolute Gasteiger partial charge is 0.315 e. The molecule has 0 radical (unpaired) electrons. The number of nitrogens with one attached hydrogen (secondary N) is 3. The van der Waals surface area contributed by atoms with Gasteiger partial charge in [0.2, 0.25) is 0 Å². The van der Waals surface area contributed by atoms with Gasteiger partial charge in [0.1, 0.15) is 0 Å². The summed E-state index contributed by atoms with van der Waals surface area (Å²) in [7, 11) is 0. The second kappa shape index (κ2) is 8.48. The zero-order valence-corrected chi connectivity index (χ0v) is 14.4. The highest BCUT2D eigenvalue weighted by molar-refractivity contribution is 5.73. The summed E-state index contributed by atoms with van der Waals surface area (Å²) in [5.74, 6) is 0. The van der Waals surface area contributed by atoms with Crippen LogP contribution in [-0.2, 0) is 11.3 Å². The highest BCUT2D eigenvalue weighted by atomic mass is 16.5. The van der Waals surface area contributed by atoms with Crippen molar-refractivity contribution in [2.45, 2.75) is 38.6 Å². The summed E-state index contributed by atoms with van der Waals surface area (Å²) in [6, 6.07) is 1.76. The molecule has 2 aliphatic rings. The number of nitrogens with zero attached hydrogens (tertiary/aromatic N) is 2. The molecule has 0 atom stereocenters. The fourth-order valence-corrected chi connectivity index (χ4v) is 3.82. The Morgan fingerprint density at radius 1 is 1.25 bits per heavy atom. The minimum Gasteiger partial charge on any atom is -0.379 e. The lowest BCUT2D eigenvalue weighted by atomic mass is 9.73. The van der Waals surface area contributed by atoms with Crippen LogP contribution < -0.4 is 10.6 Å². The maximum atomic E-state index is 12.1. The highest BCUT2D eigenvalue weighted by Crippen LogP contribution is 2.36. The van der Waals surface area contributed by atoms with Gasteiger partial charge in [-0.2, -0.15) is 5.10 Å². The Labute approximate surface area is 143 Å². The molecule has 1 aliphatic carbocycles. The van der Waals surface area contributed by atoms with Crippen molar-refractivity contribution in [3.63, 3.8) is 0 Å². The summed E-state index contributed by atoms with van der Waals surface area (Å²) in [4.78, 5) is 14.6. The van der Waals surface area contributed by atoms with Gasteiger partial charge in [0.15, 0.2) is 0 Å². The first kappa shape index (κ1) is 17.2. The average Bonchev–Trinajstić information content (AvgIpc) is 3.14. The molecule has 0 bridgehead atoms. The van der Waals surface area contributed by atoms with Crippen LogP contribution in [0.15, 0.2) is 12.3 Å². The van der Waals surface area contributed by atoms with Crippen LogP contribution in [0.5, 0.6) is 0 Å². The van der Waals surface area contributed by atoms with Crippen molar-refractivity contribution in [2.24, 2.45) is 5.41 Å². The summed E-state index contributed by atoms with van der Waals surface area (Å²) >= 11 is 0. The van der Waals surface area contributed by atoms with Gasteiger partial charge in [0, 0.05) is 37.8 Å². The third kappa shape index (κ3) is 4.95. The fourth-order valence-electron chi connectivity index (χ4n) is 3.82. The van der Waals surface area contributed by atoms with E-state index in [1.807, 2.05) is 6.07 Å². The van der Waals surface area contributed by atoms with Gasteiger partial charge in [0.05, 0.1) is 25.5 Å². The van der Waals surface area contributed by atoms with Gasteiger partial charge in [-0.1, -0.05) is 19.3 Å². The third-order valence-electron chi connectivity index (χ3n) is 5.20. The first-order valence-corrected chi connectivity index (χ1v) is 9.06. The summed E-state index contributed by atoms with van der Waals surface area (Å²) in [6.07, 6.45) is 7.94. The van der Waals surface area contributed by atoms with Crippen LogP contribution >= 0.6 is 0 Å². The summed E-state index contributed by atoms with van der Waals surface area (Å²) < 4.78 is 5.46. The Bertz CT molecular complexity index is 493. The van der Waals surface area contributed by atoms with Gasteiger partial charge in [-0.3, -0.25) is 10.00 Å². The van der Waals surface area contributed by atoms with E-state index in [0.29, 0.717) is 6.54 Å². The van der Waals surface area contributed by atoms with Gasteiger partial charge in [-0.15, -0.1) is 0 Å². The van der Waals surface area contributed by atoms with Crippen molar-refractivity contribution in [3.05, 3.63) is 18.0 Å². The second-order valence-corrected chi connectivity index (χ2v) is 7.07. The van der Waals surface area contributed by atoms with E-state index in [-0.39, 0.29) is 11.4 Å². The zero-order chi connectivity index (χ0) is 16.7. The summed E-state index contributed by atoms with van der Waals surface area (Å²) in [5.41, 5.74) is 1.12. The van der Waals surface area contributed by atoms with Crippen molar-refractivity contribution < 1.29 is 9.53 Å². The zero-order valence-electron chi connectivity index (χ0n) is 14.4. The third-order valence-corrected chi connectivity index (χ3v) is 5.20. The summed E-state index contributed by atoms with van der Waals surface area (Å²) in [5, 5.41) is 12.7. The van der Waals surface area contributed by atoms with E-state index in [0.717, 1.165) is 45.1 Å². The highest BCUT2D eigenvalue weighted by Gasteiger charge is 2.34. The number of carbonyl (C=O) groups excluding carboxylic acids is 1. The molecular formula is C17H29N5O2. The molecule has 3 rings (SSSR count). The van der Waals surface area contributed by atoms with Crippen LogP contribution in [0, 0.1) is 5.41 Å². The molecule has 1 aromatic rings. The van der Waals surface area contributed by atoms with Crippen LogP contribution in [0.25, 0.3) is 0 Å². The van der Waals surface area contributed by atoms with Gasteiger partial charge in [0.25, 0.3) is 0 Å². The molecule has 2 fully saturated rings. The maximum absolute atomic E-state index is 12.1. The van der Waals surface area contributed by atoms with Gasteiger partial charge in [-0.25, -0.2) is 4.79 Å². The number of morpholine rings is 1. The molecule has 3 N–H and O–H groups in total. The molecular weight excluding hydrogens is 306 g/mol. The molecule has 0 aromatic carbocycles. The molecule has 2 amide bonds. The molecule has 7 heteroatoms. The maximum Gasteiger partial charge on any atom is 0.315 e. The Kier molecular flexibility index (Phi) is 6.09. The predicted molar refractivity (Wildman–Crippen MR) is 91.6 cm³/mol. The Balaban J connectivity index is 1.48. The first-order valence-electron chi connectivity index (χ1n) is 9.06. The number of H-pyrrole nitrogens is 1. The van der Waals surface area contributed by atoms with E-state index in [1.54, 1.807) is 6.20 Å². The van der Waals surface area contributed by atoms with Crippen molar-refractivity contribution >= 4 is 6.03 Å². The molecule has 134 valence electrons. The summed E-state index contributed by atoms with van der Waals surface area (Å²) in [6.45, 7) is 5.96. The number of carbonyl (C=O) groups is 1.